The number of nitrogens with zero attached hydrogens (tertiary/aromatic N) is 1. The maximum absolute atomic E-state index is 12.4. The van der Waals surface area contributed by atoms with E-state index in [-0.39, 0.29) is 18.4 Å². The number of aryl methyl sites for hydroxylation is 1. The first-order chi connectivity index (χ1) is 8.99. The Hall–Kier alpha value is -1.36. The monoisotopic (exact) mass is 325 g/mol. The molecule has 5 heteroatoms. The fourth-order valence-electron chi connectivity index (χ4n) is 2.46. The summed E-state index contributed by atoms with van der Waals surface area (Å²) in [6.07, 6.45) is 1.67. The highest BCUT2D eigenvalue weighted by Crippen LogP contribution is 2.24. The topological polar surface area (TPSA) is 57.6 Å². The standard InChI is InChI=1S/C14H16BrNO3/c1-9-7-10(4-5-12(9)15)14(19)16-6-2-3-11(16)8-13(17)18/h4-5,7,11H,2-3,6,8H2,1H3,(H,17,18). The Labute approximate surface area is 120 Å². The van der Waals surface area contributed by atoms with Crippen molar-refractivity contribution < 1.29 is 14.7 Å². The Morgan fingerprint density at radius 1 is 1.47 bits per heavy atom. The molecule has 1 fully saturated rings. The van der Waals surface area contributed by atoms with E-state index in [0.717, 1.165) is 22.9 Å². The van der Waals surface area contributed by atoms with E-state index < -0.39 is 5.97 Å². The van der Waals surface area contributed by atoms with Gasteiger partial charge >= 0.3 is 5.97 Å². The highest BCUT2D eigenvalue weighted by molar-refractivity contribution is 9.10. The summed E-state index contributed by atoms with van der Waals surface area (Å²) >= 11 is 3.40. The summed E-state index contributed by atoms with van der Waals surface area (Å²) in [7, 11) is 0. The van der Waals surface area contributed by atoms with Crippen molar-refractivity contribution in [1.29, 1.82) is 0 Å². The molecule has 1 N–H and O–H groups in total. The van der Waals surface area contributed by atoms with Crippen molar-refractivity contribution in [3.8, 4) is 0 Å². The van der Waals surface area contributed by atoms with Gasteiger partial charge < -0.3 is 10.0 Å². The highest BCUT2D eigenvalue weighted by Gasteiger charge is 2.30. The molecule has 19 heavy (non-hydrogen) atoms. The average Bonchev–Trinajstić information content (AvgIpc) is 2.79. The number of likely N-dealkylation sites (tertiary alicyclic amines) is 1. The third-order valence-electron chi connectivity index (χ3n) is 3.45. The van der Waals surface area contributed by atoms with Gasteiger partial charge in [0, 0.05) is 22.6 Å². The van der Waals surface area contributed by atoms with E-state index in [1.807, 2.05) is 19.1 Å². The van der Waals surface area contributed by atoms with E-state index in [1.165, 1.54) is 0 Å². The molecule has 1 aromatic rings. The Morgan fingerprint density at radius 3 is 2.84 bits per heavy atom. The number of hydrogen-bond acceptors (Lipinski definition) is 2. The molecule has 1 heterocycles. The van der Waals surface area contributed by atoms with Gasteiger partial charge in [0.15, 0.2) is 0 Å². The van der Waals surface area contributed by atoms with E-state index in [4.69, 9.17) is 5.11 Å². The summed E-state index contributed by atoms with van der Waals surface area (Å²) in [6.45, 7) is 2.57. The van der Waals surface area contributed by atoms with Crippen LogP contribution in [0.4, 0.5) is 0 Å². The fourth-order valence-corrected chi connectivity index (χ4v) is 2.71. The van der Waals surface area contributed by atoms with Crippen molar-refractivity contribution in [2.24, 2.45) is 0 Å². The SMILES string of the molecule is Cc1cc(C(=O)N2CCCC2CC(=O)O)ccc1Br. The zero-order valence-corrected chi connectivity index (χ0v) is 12.3. The summed E-state index contributed by atoms with van der Waals surface area (Å²) in [5, 5.41) is 8.88. The zero-order valence-electron chi connectivity index (χ0n) is 10.7. The van der Waals surface area contributed by atoms with Gasteiger partial charge in [0.2, 0.25) is 0 Å². The van der Waals surface area contributed by atoms with Gasteiger partial charge in [-0.1, -0.05) is 15.9 Å². The molecule has 4 nitrogen and oxygen atoms in total. The highest BCUT2D eigenvalue weighted by atomic mass is 79.9. The maximum atomic E-state index is 12.4. The predicted molar refractivity (Wildman–Crippen MR) is 75.2 cm³/mol. The van der Waals surface area contributed by atoms with Gasteiger partial charge in [-0.2, -0.15) is 0 Å². The molecule has 0 saturated carbocycles. The molecule has 0 radical (unpaired) electrons. The molecule has 1 aromatic carbocycles. The van der Waals surface area contributed by atoms with Crippen LogP contribution in [0.2, 0.25) is 0 Å². The summed E-state index contributed by atoms with van der Waals surface area (Å²) < 4.78 is 0.965. The van der Waals surface area contributed by atoms with Crippen LogP contribution in [-0.4, -0.2) is 34.5 Å². The van der Waals surface area contributed by atoms with Gasteiger partial charge in [-0.25, -0.2) is 0 Å². The van der Waals surface area contributed by atoms with Crippen LogP contribution >= 0.6 is 15.9 Å². The van der Waals surface area contributed by atoms with Crippen molar-refractivity contribution in [1.82, 2.24) is 4.90 Å². The number of halogens is 1. The average molecular weight is 326 g/mol. The molecule has 2 rings (SSSR count). The lowest BCUT2D eigenvalue weighted by Gasteiger charge is -2.23. The molecule has 1 saturated heterocycles. The normalized spacial score (nSPS) is 18.6. The smallest absolute Gasteiger partial charge is 0.305 e. The minimum Gasteiger partial charge on any atom is -0.481 e. The number of rotatable bonds is 3. The number of carbonyl (C=O) groups excluding carboxylic acids is 1. The fraction of sp³-hybridized carbons (Fsp3) is 0.429. The lowest BCUT2D eigenvalue weighted by molar-refractivity contribution is -0.137. The summed E-state index contributed by atoms with van der Waals surface area (Å²) in [4.78, 5) is 24.9. The summed E-state index contributed by atoms with van der Waals surface area (Å²) in [6, 6.07) is 5.29. The molecule has 1 amide bonds. The molecule has 0 spiro atoms. The van der Waals surface area contributed by atoms with Gasteiger partial charge in [-0.05, 0) is 43.5 Å². The minimum atomic E-state index is -0.850. The van der Waals surface area contributed by atoms with E-state index in [2.05, 4.69) is 15.9 Å². The van der Waals surface area contributed by atoms with Crippen LogP contribution in [0.15, 0.2) is 22.7 Å². The molecule has 0 aromatic heterocycles. The summed E-state index contributed by atoms with van der Waals surface area (Å²) in [5.41, 5.74) is 1.62. The van der Waals surface area contributed by atoms with Crippen molar-refractivity contribution >= 4 is 27.8 Å². The number of hydrogen-bond donors (Lipinski definition) is 1. The number of aliphatic carboxylic acids is 1. The zero-order chi connectivity index (χ0) is 14.0. The largest absolute Gasteiger partial charge is 0.481 e. The number of carboxylic acid groups (broad SMARTS) is 1. The Balaban J connectivity index is 2.18. The van der Waals surface area contributed by atoms with Crippen LogP contribution in [0, 0.1) is 6.92 Å². The maximum Gasteiger partial charge on any atom is 0.305 e. The molecular weight excluding hydrogens is 310 g/mol. The van der Waals surface area contributed by atoms with Crippen LogP contribution in [0.3, 0.4) is 0 Å². The van der Waals surface area contributed by atoms with E-state index in [9.17, 15) is 9.59 Å². The quantitative estimate of drug-likeness (QED) is 0.929. The van der Waals surface area contributed by atoms with Crippen molar-refractivity contribution in [3.05, 3.63) is 33.8 Å². The first kappa shape index (κ1) is 14.1. The third-order valence-corrected chi connectivity index (χ3v) is 4.34. The van der Waals surface area contributed by atoms with Crippen LogP contribution in [0.25, 0.3) is 0 Å². The third kappa shape index (κ3) is 3.15. The Morgan fingerprint density at radius 2 is 2.21 bits per heavy atom. The van der Waals surface area contributed by atoms with Crippen molar-refractivity contribution in [2.45, 2.75) is 32.2 Å². The number of carbonyl (C=O) groups is 2. The van der Waals surface area contributed by atoms with Gasteiger partial charge in [0.25, 0.3) is 5.91 Å². The lowest BCUT2D eigenvalue weighted by Crippen LogP contribution is -2.36. The number of benzene rings is 1. The van der Waals surface area contributed by atoms with Gasteiger partial charge in [-0.3, -0.25) is 9.59 Å². The van der Waals surface area contributed by atoms with E-state index >= 15 is 0 Å². The van der Waals surface area contributed by atoms with Crippen molar-refractivity contribution in [2.75, 3.05) is 6.54 Å². The minimum absolute atomic E-state index is 0.0290. The van der Waals surface area contributed by atoms with E-state index in [0.29, 0.717) is 12.1 Å². The molecule has 0 aliphatic carbocycles. The first-order valence-electron chi connectivity index (χ1n) is 6.28. The molecule has 1 aliphatic heterocycles. The number of amides is 1. The molecule has 1 unspecified atom stereocenters. The van der Waals surface area contributed by atoms with Gasteiger partial charge in [0.05, 0.1) is 6.42 Å². The second kappa shape index (κ2) is 5.74. The van der Waals surface area contributed by atoms with Crippen LogP contribution in [-0.2, 0) is 4.79 Å². The predicted octanol–water partition coefficient (Wildman–Crippen LogP) is 2.84. The van der Waals surface area contributed by atoms with Gasteiger partial charge in [0.1, 0.15) is 0 Å². The van der Waals surface area contributed by atoms with E-state index in [1.54, 1.807) is 11.0 Å². The second-order valence-corrected chi connectivity index (χ2v) is 5.71. The Kier molecular flexibility index (Phi) is 4.24. The number of carboxylic acids is 1. The van der Waals surface area contributed by atoms with Crippen molar-refractivity contribution in [3.63, 3.8) is 0 Å². The summed E-state index contributed by atoms with van der Waals surface area (Å²) in [5.74, 6) is -0.920. The second-order valence-electron chi connectivity index (χ2n) is 4.86. The van der Waals surface area contributed by atoms with Gasteiger partial charge in [-0.15, -0.1) is 0 Å². The first-order valence-corrected chi connectivity index (χ1v) is 7.07. The Bertz CT molecular complexity index is 515. The molecule has 1 atom stereocenters. The van der Waals surface area contributed by atoms with Crippen LogP contribution < -0.4 is 0 Å². The van der Waals surface area contributed by atoms with Crippen LogP contribution in [0.5, 0.6) is 0 Å². The molecule has 0 bridgehead atoms. The molecule has 1 aliphatic rings. The molecule has 102 valence electrons. The van der Waals surface area contributed by atoms with Crippen LogP contribution in [0.1, 0.15) is 35.2 Å². The lowest BCUT2D eigenvalue weighted by atomic mass is 10.1. The molecular formula is C14H16BrNO3.